The van der Waals surface area contributed by atoms with Gasteiger partial charge in [-0.3, -0.25) is 4.90 Å². The van der Waals surface area contributed by atoms with Crippen LogP contribution in [0.15, 0.2) is 0 Å². The van der Waals surface area contributed by atoms with Gasteiger partial charge in [-0.1, -0.05) is 27.2 Å². The number of likely N-dealkylation sites (N-methyl/N-ethyl adjacent to an activating group) is 1. The van der Waals surface area contributed by atoms with E-state index in [-0.39, 0.29) is 0 Å². The van der Waals surface area contributed by atoms with Gasteiger partial charge < -0.3 is 5.32 Å². The van der Waals surface area contributed by atoms with E-state index in [0.29, 0.717) is 0 Å². The summed E-state index contributed by atoms with van der Waals surface area (Å²) in [5.41, 5.74) is 0. The van der Waals surface area contributed by atoms with E-state index in [9.17, 15) is 0 Å². The van der Waals surface area contributed by atoms with Gasteiger partial charge in [0.05, 0.1) is 0 Å². The van der Waals surface area contributed by atoms with Crippen LogP contribution in [0.2, 0.25) is 0 Å². The fourth-order valence-electron chi connectivity index (χ4n) is 2.08. The molecule has 0 radical (unpaired) electrons. The predicted octanol–water partition coefficient (Wildman–Crippen LogP) is 2.25. The van der Waals surface area contributed by atoms with Gasteiger partial charge in [-0.2, -0.15) is 0 Å². The molecule has 1 aliphatic carbocycles. The molecular weight excluding hydrogens is 172 g/mol. The Bertz CT molecular complexity index is 139. The molecule has 0 spiro atoms. The molecule has 2 heteroatoms. The normalized spacial score (nSPS) is 18.9. The molecule has 0 aromatic carbocycles. The monoisotopic (exact) mass is 198 g/mol. The summed E-state index contributed by atoms with van der Waals surface area (Å²) in [6.45, 7) is 10.4. The molecule has 1 aliphatic rings. The molecule has 0 heterocycles. The van der Waals surface area contributed by atoms with Crippen LogP contribution in [-0.2, 0) is 0 Å². The van der Waals surface area contributed by atoms with Crippen LogP contribution in [0.5, 0.6) is 0 Å². The van der Waals surface area contributed by atoms with Crippen molar-refractivity contribution in [2.45, 2.75) is 58.5 Å². The van der Waals surface area contributed by atoms with E-state index in [0.717, 1.165) is 12.1 Å². The van der Waals surface area contributed by atoms with Crippen molar-refractivity contribution in [2.75, 3.05) is 19.6 Å². The van der Waals surface area contributed by atoms with E-state index in [2.05, 4.69) is 31.0 Å². The van der Waals surface area contributed by atoms with E-state index in [1.807, 2.05) is 0 Å². The Labute approximate surface area is 89.1 Å². The number of nitrogens with zero attached hydrogens (tertiary/aromatic N) is 1. The third kappa shape index (κ3) is 3.97. The summed E-state index contributed by atoms with van der Waals surface area (Å²) >= 11 is 0. The first-order valence-corrected chi connectivity index (χ1v) is 6.29. The van der Waals surface area contributed by atoms with Crippen LogP contribution in [0.3, 0.4) is 0 Å². The summed E-state index contributed by atoms with van der Waals surface area (Å²) in [5, 5.41) is 3.65. The highest BCUT2D eigenvalue weighted by Crippen LogP contribution is 2.19. The van der Waals surface area contributed by atoms with Gasteiger partial charge in [-0.05, 0) is 32.4 Å². The summed E-state index contributed by atoms with van der Waals surface area (Å²) in [6.07, 6.45) is 5.43. The molecule has 1 fully saturated rings. The highest BCUT2D eigenvalue weighted by Gasteiger charge is 2.23. The second-order valence-corrected chi connectivity index (χ2v) is 4.35. The molecule has 0 aromatic rings. The van der Waals surface area contributed by atoms with Gasteiger partial charge >= 0.3 is 0 Å². The zero-order valence-electron chi connectivity index (χ0n) is 10.1. The molecule has 1 saturated carbocycles. The summed E-state index contributed by atoms with van der Waals surface area (Å²) in [7, 11) is 0. The number of nitrogens with one attached hydrogen (secondary N) is 1. The third-order valence-electron chi connectivity index (χ3n) is 3.17. The van der Waals surface area contributed by atoms with Crippen LogP contribution in [0.1, 0.15) is 46.5 Å². The van der Waals surface area contributed by atoms with Gasteiger partial charge in [0.15, 0.2) is 0 Å². The van der Waals surface area contributed by atoms with Crippen molar-refractivity contribution in [3.05, 3.63) is 0 Å². The van der Waals surface area contributed by atoms with Crippen LogP contribution in [0.25, 0.3) is 0 Å². The summed E-state index contributed by atoms with van der Waals surface area (Å²) in [5.74, 6) is 0. The van der Waals surface area contributed by atoms with Crippen molar-refractivity contribution in [3.63, 3.8) is 0 Å². The van der Waals surface area contributed by atoms with Gasteiger partial charge in [0.25, 0.3) is 0 Å². The van der Waals surface area contributed by atoms with Crippen LogP contribution < -0.4 is 5.32 Å². The highest BCUT2D eigenvalue weighted by molar-refractivity contribution is 4.83. The maximum absolute atomic E-state index is 3.65. The Hall–Kier alpha value is -0.0800. The van der Waals surface area contributed by atoms with Crippen molar-refractivity contribution >= 4 is 0 Å². The number of hydrogen-bond donors (Lipinski definition) is 1. The first-order chi connectivity index (χ1) is 6.81. The fraction of sp³-hybridized carbons (Fsp3) is 1.00. The predicted molar refractivity (Wildman–Crippen MR) is 62.6 cm³/mol. The molecule has 14 heavy (non-hydrogen) atoms. The maximum atomic E-state index is 3.65. The molecule has 1 N–H and O–H groups in total. The fourth-order valence-corrected chi connectivity index (χ4v) is 2.08. The number of hydrogen-bond acceptors (Lipinski definition) is 2. The summed E-state index contributed by atoms with van der Waals surface area (Å²) in [6, 6.07) is 1.61. The molecule has 0 bridgehead atoms. The van der Waals surface area contributed by atoms with Crippen molar-refractivity contribution < 1.29 is 0 Å². The molecule has 0 saturated heterocycles. The van der Waals surface area contributed by atoms with Crippen molar-refractivity contribution in [2.24, 2.45) is 0 Å². The highest BCUT2D eigenvalue weighted by atomic mass is 15.2. The van der Waals surface area contributed by atoms with E-state index < -0.39 is 0 Å². The zero-order chi connectivity index (χ0) is 10.4. The molecule has 1 atom stereocenters. The van der Waals surface area contributed by atoms with Crippen LogP contribution >= 0.6 is 0 Å². The minimum Gasteiger partial charge on any atom is -0.312 e. The average Bonchev–Trinajstić information content (AvgIpc) is 2.99. The Morgan fingerprint density at radius 3 is 2.29 bits per heavy atom. The molecule has 1 rings (SSSR count). The van der Waals surface area contributed by atoms with E-state index >= 15 is 0 Å². The SMILES string of the molecule is CCCC(CNC1CC1)N(CC)CC. The van der Waals surface area contributed by atoms with E-state index in [1.165, 1.54) is 45.3 Å². The Morgan fingerprint density at radius 1 is 1.21 bits per heavy atom. The lowest BCUT2D eigenvalue weighted by atomic mass is 10.1. The lowest BCUT2D eigenvalue weighted by Gasteiger charge is -2.29. The van der Waals surface area contributed by atoms with Gasteiger partial charge in [0.2, 0.25) is 0 Å². The summed E-state index contributed by atoms with van der Waals surface area (Å²) < 4.78 is 0. The first-order valence-electron chi connectivity index (χ1n) is 6.29. The topological polar surface area (TPSA) is 15.3 Å². The lowest BCUT2D eigenvalue weighted by Crippen LogP contribution is -2.42. The standard InChI is InChI=1S/C12H26N2/c1-4-7-12(14(5-2)6-3)10-13-11-8-9-11/h11-13H,4-10H2,1-3H3. The van der Waals surface area contributed by atoms with Gasteiger partial charge in [-0.15, -0.1) is 0 Å². The van der Waals surface area contributed by atoms with E-state index in [1.54, 1.807) is 0 Å². The van der Waals surface area contributed by atoms with Crippen LogP contribution in [-0.4, -0.2) is 36.6 Å². The molecule has 84 valence electrons. The smallest absolute Gasteiger partial charge is 0.0220 e. The Kier molecular flexibility index (Phi) is 5.49. The van der Waals surface area contributed by atoms with Gasteiger partial charge in [0, 0.05) is 18.6 Å². The Morgan fingerprint density at radius 2 is 1.86 bits per heavy atom. The minimum absolute atomic E-state index is 0.760. The number of rotatable bonds is 8. The van der Waals surface area contributed by atoms with Crippen molar-refractivity contribution in [1.82, 2.24) is 10.2 Å². The quantitative estimate of drug-likeness (QED) is 0.643. The van der Waals surface area contributed by atoms with Crippen LogP contribution in [0, 0.1) is 0 Å². The van der Waals surface area contributed by atoms with Crippen LogP contribution in [0.4, 0.5) is 0 Å². The van der Waals surface area contributed by atoms with Crippen molar-refractivity contribution in [3.8, 4) is 0 Å². The molecule has 2 nitrogen and oxygen atoms in total. The second kappa shape index (κ2) is 6.41. The zero-order valence-corrected chi connectivity index (χ0v) is 10.1. The van der Waals surface area contributed by atoms with Crippen molar-refractivity contribution in [1.29, 1.82) is 0 Å². The van der Waals surface area contributed by atoms with Gasteiger partial charge in [0.1, 0.15) is 0 Å². The largest absolute Gasteiger partial charge is 0.312 e. The average molecular weight is 198 g/mol. The first kappa shape index (κ1) is 12.0. The summed E-state index contributed by atoms with van der Waals surface area (Å²) in [4.78, 5) is 2.58. The molecule has 1 unspecified atom stereocenters. The molecular formula is C12H26N2. The lowest BCUT2D eigenvalue weighted by molar-refractivity contribution is 0.199. The molecule has 0 aromatic heterocycles. The van der Waals surface area contributed by atoms with E-state index in [4.69, 9.17) is 0 Å². The minimum atomic E-state index is 0.760. The second-order valence-electron chi connectivity index (χ2n) is 4.35. The third-order valence-corrected chi connectivity index (χ3v) is 3.17. The maximum Gasteiger partial charge on any atom is 0.0220 e. The molecule has 0 amide bonds. The molecule has 0 aliphatic heterocycles. The van der Waals surface area contributed by atoms with Gasteiger partial charge in [-0.25, -0.2) is 0 Å². The Balaban J connectivity index is 2.26.